The van der Waals surface area contributed by atoms with Gasteiger partial charge >= 0.3 is 0 Å². The number of hydrogen-bond donors (Lipinski definition) is 1. The minimum atomic E-state index is -0.0177. The molecule has 0 saturated heterocycles. The van der Waals surface area contributed by atoms with Gasteiger partial charge in [-0.3, -0.25) is 4.79 Å². The van der Waals surface area contributed by atoms with E-state index in [1.54, 1.807) is 24.3 Å². The molecule has 0 aliphatic rings. The molecule has 4 heteroatoms. The van der Waals surface area contributed by atoms with Gasteiger partial charge in [-0.05, 0) is 30.7 Å². The van der Waals surface area contributed by atoms with Crippen LogP contribution in [-0.2, 0) is 13.1 Å². The largest absolute Gasteiger partial charge is 0.469 e. The second-order valence-corrected chi connectivity index (χ2v) is 4.57. The first-order valence-electron chi connectivity index (χ1n) is 6.19. The molecule has 4 nitrogen and oxygen atoms in total. The minimum absolute atomic E-state index is 0.0177. The van der Waals surface area contributed by atoms with Crippen LogP contribution in [0.5, 0.6) is 0 Å². The summed E-state index contributed by atoms with van der Waals surface area (Å²) in [7, 11) is 1.78. The van der Waals surface area contributed by atoms with Gasteiger partial charge in [0.2, 0.25) is 0 Å². The Kier molecular flexibility index (Phi) is 4.02. The van der Waals surface area contributed by atoms with Crippen LogP contribution >= 0.6 is 0 Å². The molecule has 0 radical (unpaired) electrons. The summed E-state index contributed by atoms with van der Waals surface area (Å²) in [5.74, 6) is 0.825. The second kappa shape index (κ2) is 5.71. The molecule has 0 aliphatic heterocycles. The molecule has 0 atom stereocenters. The molecule has 1 heterocycles. The van der Waals surface area contributed by atoms with Gasteiger partial charge in [0.05, 0.1) is 6.26 Å². The highest BCUT2D eigenvalue weighted by molar-refractivity contribution is 5.94. The van der Waals surface area contributed by atoms with Gasteiger partial charge in [0.1, 0.15) is 5.76 Å². The Morgan fingerprint density at radius 3 is 2.79 bits per heavy atom. The lowest BCUT2D eigenvalue weighted by atomic mass is 10.1. The zero-order valence-electron chi connectivity index (χ0n) is 11.2. The number of hydrogen-bond acceptors (Lipinski definition) is 3. The molecule has 19 heavy (non-hydrogen) atoms. The Balaban J connectivity index is 2.12. The van der Waals surface area contributed by atoms with Crippen LogP contribution in [0.3, 0.4) is 0 Å². The van der Waals surface area contributed by atoms with Crippen molar-refractivity contribution in [1.29, 1.82) is 0 Å². The maximum atomic E-state index is 12.3. The van der Waals surface area contributed by atoms with Gasteiger partial charge in [0.15, 0.2) is 0 Å². The average molecular weight is 258 g/mol. The second-order valence-electron chi connectivity index (χ2n) is 4.57. The molecule has 0 unspecified atom stereocenters. The normalized spacial score (nSPS) is 10.5. The van der Waals surface area contributed by atoms with E-state index in [4.69, 9.17) is 10.2 Å². The fourth-order valence-corrected chi connectivity index (χ4v) is 1.95. The van der Waals surface area contributed by atoms with Crippen LogP contribution in [-0.4, -0.2) is 17.9 Å². The van der Waals surface area contributed by atoms with Gasteiger partial charge < -0.3 is 15.1 Å². The van der Waals surface area contributed by atoms with E-state index < -0.39 is 0 Å². The molecule has 1 aromatic heterocycles. The Hall–Kier alpha value is -2.07. The van der Waals surface area contributed by atoms with Gasteiger partial charge in [-0.25, -0.2) is 0 Å². The number of nitrogens with two attached hydrogens (primary N) is 1. The van der Waals surface area contributed by atoms with Crippen molar-refractivity contribution in [3.05, 3.63) is 59.0 Å². The fraction of sp³-hybridized carbons (Fsp3) is 0.267. The quantitative estimate of drug-likeness (QED) is 0.915. The van der Waals surface area contributed by atoms with E-state index in [-0.39, 0.29) is 5.91 Å². The number of furan rings is 1. The Morgan fingerprint density at radius 2 is 2.16 bits per heavy atom. The summed E-state index contributed by atoms with van der Waals surface area (Å²) in [6.07, 6.45) is 1.64. The monoisotopic (exact) mass is 258 g/mol. The smallest absolute Gasteiger partial charge is 0.253 e. The Bertz CT molecular complexity index is 575. The van der Waals surface area contributed by atoms with Crippen LogP contribution in [0.2, 0.25) is 0 Å². The van der Waals surface area contributed by atoms with E-state index in [2.05, 4.69) is 0 Å². The molecule has 0 aliphatic carbocycles. The number of amides is 1. The molecule has 0 spiro atoms. The first kappa shape index (κ1) is 13.4. The minimum Gasteiger partial charge on any atom is -0.469 e. The zero-order valence-corrected chi connectivity index (χ0v) is 11.2. The number of carbonyl (C=O) groups excluding carboxylic acids is 1. The SMILES string of the molecule is Cc1occc1CN(C)C(=O)c1cccc(CN)c1. The van der Waals surface area contributed by atoms with Crippen LogP contribution in [0.1, 0.15) is 27.2 Å². The van der Waals surface area contributed by atoms with E-state index in [9.17, 15) is 4.79 Å². The Labute approximate surface area is 112 Å². The predicted molar refractivity (Wildman–Crippen MR) is 73.6 cm³/mol. The fourth-order valence-electron chi connectivity index (χ4n) is 1.95. The molecular formula is C15H18N2O2. The van der Waals surface area contributed by atoms with Crippen molar-refractivity contribution in [2.75, 3.05) is 7.05 Å². The van der Waals surface area contributed by atoms with E-state index in [0.29, 0.717) is 18.7 Å². The van der Waals surface area contributed by atoms with Gasteiger partial charge in [0.25, 0.3) is 5.91 Å². The van der Waals surface area contributed by atoms with Crippen molar-refractivity contribution < 1.29 is 9.21 Å². The van der Waals surface area contributed by atoms with Crippen LogP contribution in [0.25, 0.3) is 0 Å². The first-order chi connectivity index (χ1) is 9.11. The van der Waals surface area contributed by atoms with Crippen molar-refractivity contribution in [1.82, 2.24) is 4.90 Å². The van der Waals surface area contributed by atoms with E-state index in [0.717, 1.165) is 16.9 Å². The maximum absolute atomic E-state index is 12.3. The molecule has 2 N–H and O–H groups in total. The lowest BCUT2D eigenvalue weighted by Crippen LogP contribution is -2.26. The molecule has 1 amide bonds. The summed E-state index contributed by atoms with van der Waals surface area (Å²) < 4.78 is 5.23. The van der Waals surface area contributed by atoms with E-state index in [1.807, 2.05) is 31.2 Å². The van der Waals surface area contributed by atoms with E-state index >= 15 is 0 Å². The number of benzene rings is 1. The number of rotatable bonds is 4. The molecule has 100 valence electrons. The molecule has 0 saturated carbocycles. The van der Waals surface area contributed by atoms with Crippen LogP contribution < -0.4 is 5.73 Å². The zero-order chi connectivity index (χ0) is 13.8. The summed E-state index contributed by atoms with van der Waals surface area (Å²) in [5, 5.41) is 0. The Morgan fingerprint density at radius 1 is 1.37 bits per heavy atom. The van der Waals surface area contributed by atoms with Crippen LogP contribution in [0.15, 0.2) is 41.0 Å². The average Bonchev–Trinajstić information content (AvgIpc) is 2.83. The summed E-state index contributed by atoms with van der Waals surface area (Å²) >= 11 is 0. The third-order valence-electron chi connectivity index (χ3n) is 3.13. The third kappa shape index (κ3) is 3.03. The molecule has 2 rings (SSSR count). The van der Waals surface area contributed by atoms with Gasteiger partial charge in [-0.1, -0.05) is 12.1 Å². The lowest BCUT2D eigenvalue weighted by molar-refractivity contribution is 0.0784. The van der Waals surface area contributed by atoms with Crippen molar-refractivity contribution in [3.8, 4) is 0 Å². The highest BCUT2D eigenvalue weighted by Crippen LogP contribution is 2.14. The van der Waals surface area contributed by atoms with Gasteiger partial charge in [-0.2, -0.15) is 0 Å². The van der Waals surface area contributed by atoms with Crippen molar-refractivity contribution in [3.63, 3.8) is 0 Å². The first-order valence-corrected chi connectivity index (χ1v) is 6.19. The number of carbonyl (C=O) groups is 1. The van der Waals surface area contributed by atoms with Gasteiger partial charge in [-0.15, -0.1) is 0 Å². The number of aryl methyl sites for hydroxylation is 1. The summed E-state index contributed by atoms with van der Waals surface area (Å²) in [5.41, 5.74) is 8.22. The predicted octanol–water partition coefficient (Wildman–Crippen LogP) is 2.32. The molecule has 0 fully saturated rings. The molecule has 2 aromatic rings. The van der Waals surface area contributed by atoms with Crippen molar-refractivity contribution in [2.45, 2.75) is 20.0 Å². The summed E-state index contributed by atoms with van der Waals surface area (Å²) in [6.45, 7) is 2.86. The van der Waals surface area contributed by atoms with Crippen LogP contribution in [0, 0.1) is 6.92 Å². The summed E-state index contributed by atoms with van der Waals surface area (Å²) in [4.78, 5) is 14.0. The highest BCUT2D eigenvalue weighted by Gasteiger charge is 2.14. The van der Waals surface area contributed by atoms with Crippen molar-refractivity contribution in [2.24, 2.45) is 5.73 Å². The van der Waals surface area contributed by atoms with Crippen molar-refractivity contribution >= 4 is 5.91 Å². The molecule has 0 bridgehead atoms. The topological polar surface area (TPSA) is 59.5 Å². The van der Waals surface area contributed by atoms with Crippen LogP contribution in [0.4, 0.5) is 0 Å². The summed E-state index contributed by atoms with van der Waals surface area (Å²) in [6, 6.07) is 9.29. The lowest BCUT2D eigenvalue weighted by Gasteiger charge is -2.17. The number of nitrogens with zero attached hydrogens (tertiary/aromatic N) is 1. The third-order valence-corrected chi connectivity index (χ3v) is 3.13. The van der Waals surface area contributed by atoms with Gasteiger partial charge in [0, 0.05) is 31.3 Å². The van der Waals surface area contributed by atoms with E-state index in [1.165, 1.54) is 0 Å². The molecule has 1 aromatic carbocycles. The standard InChI is InChI=1S/C15H18N2O2/c1-11-14(6-7-19-11)10-17(2)15(18)13-5-3-4-12(8-13)9-16/h3-8H,9-10,16H2,1-2H3. The molecular weight excluding hydrogens is 240 g/mol. The maximum Gasteiger partial charge on any atom is 0.253 e. The highest BCUT2D eigenvalue weighted by atomic mass is 16.3.